The molecule has 0 atom stereocenters. The minimum absolute atomic E-state index is 0.144. The smallest absolute Gasteiger partial charge is 0.326 e. The lowest BCUT2D eigenvalue weighted by molar-refractivity contribution is -0.115. The van der Waals surface area contributed by atoms with Crippen LogP contribution in [0.2, 0.25) is 0 Å². The van der Waals surface area contributed by atoms with Crippen LogP contribution >= 0.6 is 0 Å². The number of nitrogens with one attached hydrogen (secondary N) is 4. The van der Waals surface area contributed by atoms with E-state index in [1.54, 1.807) is 16.8 Å². The Morgan fingerprint density at radius 2 is 2.00 bits per heavy atom. The first kappa shape index (κ1) is 21.5. The fourth-order valence-corrected chi connectivity index (χ4v) is 4.09. The molecule has 12 nitrogen and oxygen atoms in total. The molecule has 0 bridgehead atoms. The van der Waals surface area contributed by atoms with E-state index in [0.717, 1.165) is 51.4 Å². The zero-order chi connectivity index (χ0) is 23.8. The number of carbonyl (C=O) groups is 2. The summed E-state index contributed by atoms with van der Waals surface area (Å²) in [7, 11) is 0. The number of ether oxygens (including phenoxy) is 1. The van der Waals surface area contributed by atoms with Gasteiger partial charge in [-0.25, -0.2) is 4.79 Å². The number of rotatable bonds is 7. The van der Waals surface area contributed by atoms with E-state index in [1.807, 2.05) is 12.1 Å². The number of hydrogen-bond acceptors (Lipinski definition) is 9. The number of aromatic nitrogens is 4. The average Bonchev–Trinajstić information content (AvgIpc) is 3.48. The third kappa shape index (κ3) is 4.79. The standard InChI is InChI=1S/C23H25N9O3/c33-20-18(27-23(34)29-20)11-15-12-24-32-19(15)28-21(30-22(32)26-16-4-5-16)25-17-3-1-2-14(10-17)13-31-6-8-35-9-7-31/h1-3,10-12,16H,4-9,13H2,(H2,25,26,28,30)(H2,27,29,33,34)/b18-11-. The summed E-state index contributed by atoms with van der Waals surface area (Å²) in [5, 5.41) is 15.8. The summed E-state index contributed by atoms with van der Waals surface area (Å²) in [4.78, 5) is 35.2. The summed E-state index contributed by atoms with van der Waals surface area (Å²) in [6, 6.07) is 7.98. The maximum absolute atomic E-state index is 12.0. The highest BCUT2D eigenvalue weighted by Crippen LogP contribution is 2.26. The van der Waals surface area contributed by atoms with Gasteiger partial charge in [-0.1, -0.05) is 12.1 Å². The summed E-state index contributed by atoms with van der Waals surface area (Å²) in [6.07, 6.45) is 5.30. The minimum atomic E-state index is -0.553. The Kier molecular flexibility index (Phi) is 5.51. The number of hydrogen-bond donors (Lipinski definition) is 4. The number of benzene rings is 1. The lowest BCUT2D eigenvalue weighted by atomic mass is 10.2. The van der Waals surface area contributed by atoms with Crippen molar-refractivity contribution in [2.75, 3.05) is 36.9 Å². The molecule has 12 heteroatoms. The molecule has 0 unspecified atom stereocenters. The zero-order valence-electron chi connectivity index (χ0n) is 19.0. The molecule has 180 valence electrons. The summed E-state index contributed by atoms with van der Waals surface area (Å²) in [5.41, 5.74) is 3.30. The van der Waals surface area contributed by atoms with E-state index >= 15 is 0 Å². The van der Waals surface area contributed by atoms with Crippen LogP contribution in [0.1, 0.15) is 24.0 Å². The van der Waals surface area contributed by atoms with E-state index in [9.17, 15) is 9.59 Å². The van der Waals surface area contributed by atoms with Gasteiger partial charge in [0.2, 0.25) is 11.9 Å². The summed E-state index contributed by atoms with van der Waals surface area (Å²) in [6.45, 7) is 4.22. The number of imide groups is 1. The third-order valence-electron chi connectivity index (χ3n) is 6.02. The lowest BCUT2D eigenvalue weighted by Crippen LogP contribution is -2.35. The average molecular weight is 476 g/mol. The molecule has 4 N–H and O–H groups in total. The SMILES string of the molecule is O=C1NC(=O)/C(=C/c2cnn3c(NC4CC4)nc(Nc4cccc(CN5CCOCC5)c4)nc23)N1. The Bertz CT molecular complexity index is 1330. The molecular weight excluding hydrogens is 450 g/mol. The van der Waals surface area contributed by atoms with Crippen LogP contribution in [0.3, 0.4) is 0 Å². The van der Waals surface area contributed by atoms with Crippen LogP contribution in [0, 0.1) is 0 Å². The van der Waals surface area contributed by atoms with Crippen molar-refractivity contribution in [2.45, 2.75) is 25.4 Å². The van der Waals surface area contributed by atoms with Gasteiger partial charge in [-0.15, -0.1) is 0 Å². The molecule has 1 aliphatic carbocycles. The predicted molar refractivity (Wildman–Crippen MR) is 128 cm³/mol. The van der Waals surface area contributed by atoms with Crippen LogP contribution in [0.4, 0.5) is 22.4 Å². The number of urea groups is 1. The van der Waals surface area contributed by atoms with Gasteiger partial charge >= 0.3 is 6.03 Å². The second-order valence-corrected chi connectivity index (χ2v) is 8.80. The topological polar surface area (TPSA) is 138 Å². The quantitative estimate of drug-likeness (QED) is 0.295. The van der Waals surface area contributed by atoms with Gasteiger partial charge in [0, 0.05) is 36.9 Å². The minimum Gasteiger partial charge on any atom is -0.379 e. The third-order valence-corrected chi connectivity index (χ3v) is 6.02. The van der Waals surface area contributed by atoms with E-state index in [-0.39, 0.29) is 5.70 Å². The summed E-state index contributed by atoms with van der Waals surface area (Å²) in [5.74, 6) is 0.480. The molecule has 2 aromatic heterocycles. The fourth-order valence-electron chi connectivity index (χ4n) is 4.09. The van der Waals surface area contributed by atoms with E-state index in [1.165, 1.54) is 5.56 Å². The van der Waals surface area contributed by atoms with Gasteiger partial charge in [-0.2, -0.15) is 19.6 Å². The summed E-state index contributed by atoms with van der Waals surface area (Å²) >= 11 is 0. The highest BCUT2D eigenvalue weighted by Gasteiger charge is 2.26. The van der Waals surface area contributed by atoms with Crippen molar-refractivity contribution in [1.29, 1.82) is 0 Å². The first-order chi connectivity index (χ1) is 17.1. The number of amides is 3. The maximum atomic E-state index is 12.0. The molecule has 1 aromatic carbocycles. The molecule has 3 amide bonds. The Morgan fingerprint density at radius 3 is 2.77 bits per heavy atom. The van der Waals surface area contributed by atoms with Crippen LogP contribution in [0.5, 0.6) is 0 Å². The molecule has 3 aromatic rings. The number of anilines is 3. The Labute approximate surface area is 200 Å². The zero-order valence-corrected chi connectivity index (χ0v) is 19.0. The number of carbonyl (C=O) groups excluding carboxylic acids is 2. The fraction of sp³-hybridized carbons (Fsp3) is 0.348. The van der Waals surface area contributed by atoms with Crippen molar-refractivity contribution in [3.8, 4) is 0 Å². The van der Waals surface area contributed by atoms with Crippen molar-refractivity contribution in [2.24, 2.45) is 0 Å². The molecular formula is C23H25N9O3. The molecule has 2 saturated heterocycles. The molecule has 0 spiro atoms. The van der Waals surface area contributed by atoms with Crippen LogP contribution in [-0.2, 0) is 16.1 Å². The van der Waals surface area contributed by atoms with Gasteiger partial charge < -0.3 is 20.7 Å². The number of fused-ring (bicyclic) bond motifs is 1. The van der Waals surface area contributed by atoms with E-state index in [2.05, 4.69) is 53.4 Å². The molecule has 1 saturated carbocycles. The molecule has 6 rings (SSSR count). The van der Waals surface area contributed by atoms with Crippen molar-refractivity contribution >= 4 is 41.2 Å². The number of nitrogens with zero attached hydrogens (tertiary/aromatic N) is 5. The van der Waals surface area contributed by atoms with E-state index in [0.29, 0.717) is 29.1 Å². The van der Waals surface area contributed by atoms with Crippen LogP contribution < -0.4 is 21.3 Å². The molecule has 3 fully saturated rings. The van der Waals surface area contributed by atoms with E-state index in [4.69, 9.17) is 4.74 Å². The lowest BCUT2D eigenvalue weighted by Gasteiger charge is -2.26. The Hall–Kier alpha value is -4.03. The van der Waals surface area contributed by atoms with Gasteiger partial charge in [0.15, 0.2) is 5.65 Å². The second kappa shape index (κ2) is 8.96. The van der Waals surface area contributed by atoms with Gasteiger partial charge in [0.1, 0.15) is 5.70 Å². The highest BCUT2D eigenvalue weighted by atomic mass is 16.5. The molecule has 4 heterocycles. The normalized spacial score (nSPS) is 19.7. The molecule has 35 heavy (non-hydrogen) atoms. The Balaban J connectivity index is 1.30. The molecule has 2 aliphatic heterocycles. The van der Waals surface area contributed by atoms with Crippen molar-refractivity contribution < 1.29 is 14.3 Å². The second-order valence-electron chi connectivity index (χ2n) is 8.80. The highest BCUT2D eigenvalue weighted by molar-refractivity contribution is 6.14. The van der Waals surface area contributed by atoms with Gasteiger partial charge in [0.05, 0.1) is 19.4 Å². The molecule has 3 aliphatic rings. The van der Waals surface area contributed by atoms with Gasteiger partial charge in [0.25, 0.3) is 5.91 Å². The maximum Gasteiger partial charge on any atom is 0.326 e. The Morgan fingerprint density at radius 1 is 1.14 bits per heavy atom. The van der Waals surface area contributed by atoms with Crippen LogP contribution in [-0.4, -0.2) is 68.8 Å². The predicted octanol–water partition coefficient (Wildman–Crippen LogP) is 1.45. The first-order valence-electron chi connectivity index (χ1n) is 11.6. The van der Waals surface area contributed by atoms with Crippen LogP contribution in [0.15, 0.2) is 36.2 Å². The van der Waals surface area contributed by atoms with E-state index < -0.39 is 11.9 Å². The number of morpholine rings is 1. The first-order valence-corrected chi connectivity index (χ1v) is 11.6. The van der Waals surface area contributed by atoms with Gasteiger partial charge in [-0.3, -0.25) is 15.0 Å². The van der Waals surface area contributed by atoms with Crippen molar-refractivity contribution in [1.82, 2.24) is 35.1 Å². The summed E-state index contributed by atoms with van der Waals surface area (Å²) < 4.78 is 7.05. The van der Waals surface area contributed by atoms with Gasteiger partial charge in [-0.05, 0) is 36.6 Å². The van der Waals surface area contributed by atoms with Crippen LogP contribution in [0.25, 0.3) is 11.7 Å². The molecule has 0 radical (unpaired) electrons. The van der Waals surface area contributed by atoms with Crippen molar-refractivity contribution in [3.63, 3.8) is 0 Å². The largest absolute Gasteiger partial charge is 0.379 e. The van der Waals surface area contributed by atoms with Crippen molar-refractivity contribution in [3.05, 3.63) is 47.3 Å². The monoisotopic (exact) mass is 475 g/mol.